The van der Waals surface area contributed by atoms with Crippen molar-refractivity contribution in [3.8, 4) is 5.75 Å². The van der Waals surface area contributed by atoms with Crippen LogP contribution in [-0.4, -0.2) is 22.8 Å². The van der Waals surface area contributed by atoms with Crippen molar-refractivity contribution in [2.75, 3.05) is 0 Å². The molecule has 1 atom stereocenters. The normalized spacial score (nSPS) is 15.8. The minimum Gasteiger partial charge on any atom is -0.482 e. The molecule has 0 aromatic heterocycles. The number of Topliss-reactive ketones (excluding diaryl/α,β-unsaturated/α-hetero) is 1. The Bertz CT molecular complexity index is 824. The van der Waals surface area contributed by atoms with Crippen LogP contribution in [-0.2, 0) is 13.0 Å². The summed E-state index contributed by atoms with van der Waals surface area (Å²) in [6.45, 7) is 4.20. The molecule has 144 valence electrons. The number of nitrogens with one attached hydrogen (secondary N) is 1. The Balaban J connectivity index is 0.00000261. The number of fused-ring (bicyclic) bond motifs is 1. The van der Waals surface area contributed by atoms with Crippen LogP contribution in [0.25, 0.3) is 0 Å². The molecule has 7 heteroatoms. The zero-order valence-electron chi connectivity index (χ0n) is 15.3. The summed E-state index contributed by atoms with van der Waals surface area (Å²) in [6, 6.07) is 12.5. The topological polar surface area (TPSA) is 81.5 Å². The molecule has 2 aromatic carbocycles. The Labute approximate surface area is 164 Å². The first-order chi connectivity index (χ1) is 12.5. The maximum absolute atomic E-state index is 12.7. The van der Waals surface area contributed by atoms with E-state index in [0.29, 0.717) is 24.0 Å². The smallest absolute Gasteiger partial charge is 0.314 e. The summed E-state index contributed by atoms with van der Waals surface area (Å²) in [5.41, 5.74) is 1.74. The third kappa shape index (κ3) is 4.64. The SMILES string of the molecule is CC(C)NC1CCc2c(ccc(OCc3ccccc3)c2[N+](=O)[O-])C1=O.Cl. The Morgan fingerprint density at radius 2 is 1.93 bits per heavy atom. The molecule has 0 fully saturated rings. The second-order valence-electron chi connectivity index (χ2n) is 6.75. The van der Waals surface area contributed by atoms with Crippen LogP contribution in [0.15, 0.2) is 42.5 Å². The van der Waals surface area contributed by atoms with Crippen LogP contribution in [0, 0.1) is 10.1 Å². The molecule has 0 saturated carbocycles. The molecule has 0 saturated heterocycles. The predicted molar refractivity (Wildman–Crippen MR) is 106 cm³/mol. The molecule has 1 aliphatic rings. The number of nitrogens with zero attached hydrogens (tertiary/aromatic N) is 1. The first-order valence-electron chi connectivity index (χ1n) is 8.74. The third-order valence-electron chi connectivity index (χ3n) is 4.46. The maximum Gasteiger partial charge on any atom is 0.314 e. The van der Waals surface area contributed by atoms with E-state index in [4.69, 9.17) is 4.74 Å². The molecule has 0 heterocycles. The van der Waals surface area contributed by atoms with Gasteiger partial charge in [-0.3, -0.25) is 14.9 Å². The Morgan fingerprint density at radius 1 is 1.22 bits per heavy atom. The summed E-state index contributed by atoms with van der Waals surface area (Å²) in [4.78, 5) is 23.9. The fourth-order valence-electron chi connectivity index (χ4n) is 3.32. The summed E-state index contributed by atoms with van der Waals surface area (Å²) in [5, 5.41) is 14.9. The molecule has 1 N–H and O–H groups in total. The van der Waals surface area contributed by atoms with Gasteiger partial charge in [0.15, 0.2) is 11.5 Å². The van der Waals surface area contributed by atoms with Gasteiger partial charge in [-0.1, -0.05) is 44.2 Å². The summed E-state index contributed by atoms with van der Waals surface area (Å²) in [5.74, 6) is 0.123. The number of carbonyl (C=O) groups is 1. The molecule has 27 heavy (non-hydrogen) atoms. The Kier molecular flexibility index (Phi) is 6.93. The summed E-state index contributed by atoms with van der Waals surface area (Å²) >= 11 is 0. The van der Waals surface area contributed by atoms with Gasteiger partial charge in [0.1, 0.15) is 6.61 Å². The number of halogens is 1. The highest BCUT2D eigenvalue weighted by Crippen LogP contribution is 2.37. The monoisotopic (exact) mass is 390 g/mol. The molecule has 2 aromatic rings. The minimum atomic E-state index is -0.442. The highest BCUT2D eigenvalue weighted by molar-refractivity contribution is 6.03. The standard InChI is InChI=1S/C20H22N2O4.ClH/c1-13(2)21-17-10-8-15-16(20(17)23)9-11-18(19(15)22(24)25)26-12-14-6-4-3-5-7-14;/h3-7,9,11,13,17,21H,8,10,12H2,1-2H3;1H. The largest absolute Gasteiger partial charge is 0.482 e. The number of carbonyl (C=O) groups excluding carboxylic acids is 1. The van der Waals surface area contributed by atoms with Crippen molar-refractivity contribution >= 4 is 23.9 Å². The molecule has 0 aliphatic heterocycles. The lowest BCUT2D eigenvalue weighted by molar-refractivity contribution is -0.386. The van der Waals surface area contributed by atoms with E-state index >= 15 is 0 Å². The van der Waals surface area contributed by atoms with Gasteiger partial charge in [-0.15, -0.1) is 12.4 Å². The van der Waals surface area contributed by atoms with Crippen molar-refractivity contribution in [2.45, 2.75) is 45.4 Å². The molecule has 0 bridgehead atoms. The van der Waals surface area contributed by atoms with Gasteiger partial charge in [0.05, 0.1) is 11.0 Å². The number of ketones is 1. The van der Waals surface area contributed by atoms with E-state index in [-0.39, 0.29) is 48.3 Å². The number of ether oxygens (including phenoxy) is 1. The fourth-order valence-corrected chi connectivity index (χ4v) is 3.32. The van der Waals surface area contributed by atoms with Crippen LogP contribution in [0.2, 0.25) is 0 Å². The molecule has 0 radical (unpaired) electrons. The number of hydrogen-bond acceptors (Lipinski definition) is 5. The lowest BCUT2D eigenvalue weighted by Crippen LogP contribution is -2.43. The molecular weight excluding hydrogens is 368 g/mol. The zero-order valence-corrected chi connectivity index (χ0v) is 16.1. The van der Waals surface area contributed by atoms with Crippen molar-refractivity contribution in [1.29, 1.82) is 0 Å². The maximum atomic E-state index is 12.7. The molecule has 6 nitrogen and oxygen atoms in total. The van der Waals surface area contributed by atoms with Crippen LogP contribution in [0.3, 0.4) is 0 Å². The van der Waals surface area contributed by atoms with Crippen LogP contribution in [0.5, 0.6) is 5.75 Å². The quantitative estimate of drug-likeness (QED) is 0.593. The van der Waals surface area contributed by atoms with E-state index in [1.54, 1.807) is 6.07 Å². The second kappa shape index (κ2) is 8.97. The van der Waals surface area contributed by atoms with Gasteiger partial charge in [0.25, 0.3) is 0 Å². The number of nitro groups is 1. The van der Waals surface area contributed by atoms with Crippen molar-refractivity contribution in [1.82, 2.24) is 5.32 Å². The van der Waals surface area contributed by atoms with E-state index in [1.807, 2.05) is 44.2 Å². The number of hydrogen-bond donors (Lipinski definition) is 1. The van der Waals surface area contributed by atoms with Crippen molar-refractivity contribution in [3.05, 3.63) is 69.3 Å². The van der Waals surface area contributed by atoms with E-state index in [9.17, 15) is 14.9 Å². The predicted octanol–water partition coefficient (Wildman–Crippen LogP) is 4.09. The molecule has 3 rings (SSSR count). The fraction of sp³-hybridized carbons (Fsp3) is 0.350. The molecular formula is C20H23ClN2O4. The van der Waals surface area contributed by atoms with Gasteiger partial charge in [-0.05, 0) is 30.5 Å². The van der Waals surface area contributed by atoms with Gasteiger partial charge in [0, 0.05) is 17.2 Å². The minimum absolute atomic E-state index is 0. The van der Waals surface area contributed by atoms with Gasteiger partial charge >= 0.3 is 5.69 Å². The third-order valence-corrected chi connectivity index (χ3v) is 4.46. The average Bonchev–Trinajstić information content (AvgIpc) is 2.62. The average molecular weight is 391 g/mol. The highest BCUT2D eigenvalue weighted by Gasteiger charge is 2.34. The zero-order chi connectivity index (χ0) is 18.7. The van der Waals surface area contributed by atoms with Gasteiger partial charge in [0.2, 0.25) is 0 Å². The van der Waals surface area contributed by atoms with Crippen LogP contribution >= 0.6 is 12.4 Å². The molecule has 1 aliphatic carbocycles. The first-order valence-corrected chi connectivity index (χ1v) is 8.74. The summed E-state index contributed by atoms with van der Waals surface area (Å²) in [7, 11) is 0. The summed E-state index contributed by atoms with van der Waals surface area (Å²) < 4.78 is 5.71. The van der Waals surface area contributed by atoms with Crippen LogP contribution in [0.4, 0.5) is 5.69 Å². The van der Waals surface area contributed by atoms with E-state index < -0.39 is 4.92 Å². The van der Waals surface area contributed by atoms with E-state index in [0.717, 1.165) is 5.56 Å². The lowest BCUT2D eigenvalue weighted by atomic mass is 9.85. The Hall–Kier alpha value is -2.44. The van der Waals surface area contributed by atoms with Crippen LogP contribution in [0.1, 0.15) is 41.8 Å². The van der Waals surface area contributed by atoms with Gasteiger partial charge in [-0.2, -0.15) is 0 Å². The molecule has 0 amide bonds. The second-order valence-corrected chi connectivity index (χ2v) is 6.75. The van der Waals surface area contributed by atoms with E-state index in [1.165, 1.54) is 6.07 Å². The highest BCUT2D eigenvalue weighted by atomic mass is 35.5. The Morgan fingerprint density at radius 3 is 2.56 bits per heavy atom. The van der Waals surface area contributed by atoms with Crippen molar-refractivity contribution in [3.63, 3.8) is 0 Å². The molecule has 0 spiro atoms. The van der Waals surface area contributed by atoms with E-state index in [2.05, 4.69) is 5.32 Å². The van der Waals surface area contributed by atoms with Crippen molar-refractivity contribution < 1.29 is 14.5 Å². The summed E-state index contributed by atoms with van der Waals surface area (Å²) in [6.07, 6.45) is 1.03. The van der Waals surface area contributed by atoms with Crippen molar-refractivity contribution in [2.24, 2.45) is 0 Å². The van der Waals surface area contributed by atoms with Gasteiger partial charge < -0.3 is 10.1 Å². The number of rotatable bonds is 6. The van der Waals surface area contributed by atoms with Crippen LogP contribution < -0.4 is 10.1 Å². The first kappa shape index (κ1) is 20.9. The molecule has 1 unspecified atom stereocenters. The van der Waals surface area contributed by atoms with Gasteiger partial charge in [-0.25, -0.2) is 0 Å². The number of benzene rings is 2. The number of nitro benzene ring substituents is 1. The lowest BCUT2D eigenvalue weighted by Gasteiger charge is -2.26.